The number of nitrogens with zero attached hydrogens (tertiary/aromatic N) is 2. The Kier molecular flexibility index (Phi) is 6.88. The van der Waals surface area contributed by atoms with Gasteiger partial charge in [-0.15, -0.1) is 11.3 Å². The molecule has 0 unspecified atom stereocenters. The molecule has 4 rings (SSSR count). The van der Waals surface area contributed by atoms with Crippen LogP contribution in [-0.2, 0) is 18.9 Å². The minimum absolute atomic E-state index is 0.160. The summed E-state index contributed by atoms with van der Waals surface area (Å²) >= 11 is 0.642. The van der Waals surface area contributed by atoms with Gasteiger partial charge in [-0.25, -0.2) is 13.2 Å². The molecule has 0 bridgehead atoms. The van der Waals surface area contributed by atoms with Gasteiger partial charge in [0, 0.05) is 11.6 Å². The van der Waals surface area contributed by atoms with Gasteiger partial charge in [0.25, 0.3) is 5.56 Å². The van der Waals surface area contributed by atoms with Crippen LogP contribution >= 0.6 is 11.3 Å². The van der Waals surface area contributed by atoms with Crippen molar-refractivity contribution >= 4 is 11.3 Å². The number of nitriles is 1. The van der Waals surface area contributed by atoms with E-state index in [0.717, 1.165) is 35.7 Å². The van der Waals surface area contributed by atoms with E-state index in [4.69, 9.17) is 0 Å². The summed E-state index contributed by atoms with van der Waals surface area (Å²) in [5.41, 5.74) is -7.53. The lowest BCUT2D eigenvalue weighted by Gasteiger charge is -2.17. The first-order valence-electron chi connectivity index (χ1n) is 10.4. The maximum Gasteiger partial charge on any atom is 0.419 e. The molecule has 4 aromatic rings. The highest BCUT2D eigenvalue weighted by Gasteiger charge is 2.38. The second-order valence-electron chi connectivity index (χ2n) is 7.91. The molecule has 2 aromatic carbocycles. The number of halogens is 9. The number of hydrogen-bond acceptors (Lipinski definition) is 3. The molecule has 0 spiro atoms. The van der Waals surface area contributed by atoms with Gasteiger partial charge in [0.15, 0.2) is 0 Å². The second-order valence-corrected chi connectivity index (χ2v) is 8.83. The van der Waals surface area contributed by atoms with E-state index in [1.807, 2.05) is 0 Å². The highest BCUT2D eigenvalue weighted by molar-refractivity contribution is 7.14. The normalized spacial score (nSPS) is 12.0. The van der Waals surface area contributed by atoms with Crippen molar-refractivity contribution in [3.63, 3.8) is 0 Å². The fourth-order valence-electron chi connectivity index (χ4n) is 3.82. The number of rotatable bonds is 4. The minimum atomic E-state index is -5.16. The van der Waals surface area contributed by atoms with Crippen molar-refractivity contribution in [2.24, 2.45) is 0 Å². The fourth-order valence-corrected chi connectivity index (χ4v) is 4.76. The Hall–Kier alpha value is -4.05. The van der Waals surface area contributed by atoms with Crippen LogP contribution in [-0.4, -0.2) is 4.57 Å². The molecular weight excluding hydrogens is 547 g/mol. The van der Waals surface area contributed by atoms with Crippen LogP contribution in [0.5, 0.6) is 0 Å². The van der Waals surface area contributed by atoms with Gasteiger partial charge < -0.3 is 4.57 Å². The zero-order valence-electron chi connectivity index (χ0n) is 18.5. The average molecular weight is 558 g/mol. The van der Waals surface area contributed by atoms with Crippen molar-refractivity contribution in [2.75, 3.05) is 0 Å². The number of pyridine rings is 1. The van der Waals surface area contributed by atoms with E-state index < -0.39 is 69.9 Å². The molecule has 0 fully saturated rings. The molecule has 0 radical (unpaired) electrons. The van der Waals surface area contributed by atoms with Gasteiger partial charge in [-0.3, -0.25) is 4.79 Å². The van der Waals surface area contributed by atoms with Crippen LogP contribution in [0, 0.1) is 28.8 Å². The van der Waals surface area contributed by atoms with Crippen LogP contribution in [0.3, 0.4) is 0 Å². The van der Waals surface area contributed by atoms with Crippen molar-refractivity contribution in [1.82, 2.24) is 4.57 Å². The third-order valence-electron chi connectivity index (χ3n) is 5.52. The first kappa shape index (κ1) is 27.0. The molecule has 0 aliphatic rings. The predicted molar refractivity (Wildman–Crippen MR) is 120 cm³/mol. The number of aromatic nitrogens is 1. The summed E-state index contributed by atoms with van der Waals surface area (Å²) in [6.07, 6.45) is -10.3. The third-order valence-corrected chi connectivity index (χ3v) is 6.47. The monoisotopic (exact) mass is 558 g/mol. The Bertz CT molecular complexity index is 1640. The lowest BCUT2D eigenvalue weighted by atomic mass is 10.0. The van der Waals surface area contributed by atoms with Gasteiger partial charge in [-0.1, -0.05) is 18.2 Å². The average Bonchev–Trinajstić information content (AvgIpc) is 3.30. The number of hydrogen-bond donors (Lipinski definition) is 0. The molecule has 0 atom stereocenters. The van der Waals surface area contributed by atoms with Gasteiger partial charge >= 0.3 is 12.4 Å². The van der Waals surface area contributed by atoms with E-state index in [9.17, 15) is 49.6 Å². The van der Waals surface area contributed by atoms with Crippen LogP contribution < -0.4 is 5.56 Å². The summed E-state index contributed by atoms with van der Waals surface area (Å²) in [5.74, 6) is -3.64. The van der Waals surface area contributed by atoms with Crippen LogP contribution in [0.4, 0.5) is 39.5 Å². The molecule has 0 saturated carbocycles. The van der Waals surface area contributed by atoms with Crippen LogP contribution in [0.1, 0.15) is 22.3 Å². The van der Waals surface area contributed by atoms with E-state index in [0.29, 0.717) is 34.1 Å². The SMILES string of the molecule is N#Cc1c(C(F)(F)F)cc(-c2cc(-c3cccc(F)c3C(F)(F)F)cs2)n(Cc2ccc(F)cc2F)c1=O. The highest BCUT2D eigenvalue weighted by atomic mass is 32.1. The van der Waals surface area contributed by atoms with Crippen molar-refractivity contribution in [3.8, 4) is 27.8 Å². The van der Waals surface area contributed by atoms with Gasteiger partial charge in [0.1, 0.15) is 29.1 Å². The van der Waals surface area contributed by atoms with Crippen LogP contribution in [0.2, 0.25) is 0 Å². The van der Waals surface area contributed by atoms with Crippen molar-refractivity contribution in [3.05, 3.63) is 104 Å². The van der Waals surface area contributed by atoms with E-state index in [1.54, 1.807) is 0 Å². The Morgan fingerprint density at radius 3 is 2.21 bits per heavy atom. The lowest BCUT2D eigenvalue weighted by Crippen LogP contribution is -2.28. The summed E-state index contributed by atoms with van der Waals surface area (Å²) in [6, 6.07) is 7.55. The number of benzene rings is 2. The molecule has 0 saturated heterocycles. The fraction of sp³-hybridized carbons (Fsp3) is 0.120. The van der Waals surface area contributed by atoms with E-state index >= 15 is 0 Å². The van der Waals surface area contributed by atoms with Crippen molar-refractivity contribution in [1.29, 1.82) is 5.26 Å². The summed E-state index contributed by atoms with van der Waals surface area (Å²) in [6.45, 7) is -0.728. The summed E-state index contributed by atoms with van der Waals surface area (Å²) in [4.78, 5) is 12.8. The molecule has 196 valence electrons. The summed E-state index contributed by atoms with van der Waals surface area (Å²) in [5, 5.41) is 10.4. The first-order chi connectivity index (χ1) is 17.7. The quantitative estimate of drug-likeness (QED) is 0.242. The Morgan fingerprint density at radius 2 is 1.61 bits per heavy atom. The van der Waals surface area contributed by atoms with Crippen molar-refractivity contribution < 1.29 is 39.5 Å². The molecule has 3 nitrogen and oxygen atoms in total. The minimum Gasteiger partial charge on any atom is -0.302 e. The van der Waals surface area contributed by atoms with Gasteiger partial charge in [-0.05, 0) is 40.8 Å². The topological polar surface area (TPSA) is 45.8 Å². The predicted octanol–water partition coefficient (Wildman–Crippen LogP) is 7.62. The summed E-state index contributed by atoms with van der Waals surface area (Å²) in [7, 11) is 0. The van der Waals surface area contributed by atoms with Crippen LogP contribution in [0.25, 0.3) is 21.7 Å². The Balaban J connectivity index is 1.97. The van der Waals surface area contributed by atoms with Crippen molar-refractivity contribution in [2.45, 2.75) is 18.9 Å². The Labute approximate surface area is 211 Å². The molecule has 0 aliphatic heterocycles. The molecule has 38 heavy (non-hydrogen) atoms. The van der Waals surface area contributed by atoms with E-state index in [2.05, 4.69) is 0 Å². The molecule has 0 amide bonds. The van der Waals surface area contributed by atoms with Crippen LogP contribution in [0.15, 0.2) is 58.7 Å². The summed E-state index contributed by atoms with van der Waals surface area (Å²) < 4.78 is 124. The number of thiophene rings is 1. The zero-order valence-corrected chi connectivity index (χ0v) is 19.3. The van der Waals surface area contributed by atoms with Gasteiger partial charge in [-0.2, -0.15) is 31.6 Å². The van der Waals surface area contributed by atoms with E-state index in [-0.39, 0.29) is 16.0 Å². The molecular formula is C25H11F9N2OS. The maximum atomic E-state index is 14.3. The van der Waals surface area contributed by atoms with Gasteiger partial charge in [0.2, 0.25) is 0 Å². The highest BCUT2D eigenvalue weighted by Crippen LogP contribution is 2.42. The largest absolute Gasteiger partial charge is 0.419 e. The zero-order chi connectivity index (χ0) is 28.0. The third kappa shape index (κ3) is 5.04. The first-order valence-corrected chi connectivity index (χ1v) is 11.2. The molecule has 2 heterocycles. The smallest absolute Gasteiger partial charge is 0.302 e. The number of alkyl halides is 6. The molecule has 13 heteroatoms. The molecule has 2 aromatic heterocycles. The molecule has 0 aliphatic carbocycles. The Morgan fingerprint density at radius 1 is 0.895 bits per heavy atom. The van der Waals surface area contributed by atoms with Gasteiger partial charge in [0.05, 0.1) is 28.2 Å². The second kappa shape index (κ2) is 9.68. The maximum absolute atomic E-state index is 14.3. The standard InChI is InChI=1S/C25H11F9N2OS/c26-14-5-4-12(19(28)7-14)10-36-20(8-17(24(29,30)31)16(9-35)23(36)37)21-6-13(11-38-21)15-2-1-3-18(27)22(15)25(32,33)34/h1-8,11H,10H2. The van der Waals surface area contributed by atoms with E-state index in [1.165, 1.54) is 6.07 Å². The molecule has 0 N–H and O–H groups in total. The lowest BCUT2D eigenvalue weighted by molar-refractivity contribution is -0.139.